The minimum Gasteiger partial charge on any atom is -0.318 e. The molecule has 0 aromatic heterocycles. The van der Waals surface area contributed by atoms with E-state index in [4.69, 9.17) is 0 Å². The summed E-state index contributed by atoms with van der Waals surface area (Å²) in [5.74, 6) is -1.17. The maximum atomic E-state index is 13.9. The average molecular weight is 404 g/mol. The van der Waals surface area contributed by atoms with Crippen molar-refractivity contribution in [3.05, 3.63) is 58.8 Å². The summed E-state index contributed by atoms with van der Waals surface area (Å²) in [6.07, 6.45) is 0.175. The molecule has 2 aromatic carbocycles. The summed E-state index contributed by atoms with van der Waals surface area (Å²) >= 11 is 3.17. The number of ketones is 1. The maximum Gasteiger partial charge on any atom is 0.272 e. The summed E-state index contributed by atoms with van der Waals surface area (Å²) in [5.41, 5.74) is 0.972. The Balaban J connectivity index is 1.84. The number of hydrazone groups is 1. The first kappa shape index (κ1) is 17.3. The number of halogens is 2. The van der Waals surface area contributed by atoms with E-state index < -0.39 is 17.8 Å². The van der Waals surface area contributed by atoms with Crippen LogP contribution in [0.15, 0.2) is 58.1 Å². The van der Waals surface area contributed by atoms with Gasteiger partial charge in [0.25, 0.3) is 5.91 Å². The Morgan fingerprint density at radius 1 is 1.24 bits per heavy atom. The number of para-hydroxylation sites is 1. The third kappa shape index (κ3) is 3.76. The summed E-state index contributed by atoms with van der Waals surface area (Å²) < 4.78 is 14.5. The number of hydrogen-bond donors (Lipinski definition) is 1. The summed E-state index contributed by atoms with van der Waals surface area (Å²) in [6.45, 7) is 1.46. The number of benzene rings is 2. The third-order valence-corrected chi connectivity index (χ3v) is 4.34. The molecule has 1 heterocycles. The number of nitrogens with one attached hydrogen (secondary N) is 1. The second-order valence-corrected chi connectivity index (χ2v) is 6.55. The molecule has 0 bridgehead atoms. The van der Waals surface area contributed by atoms with Crippen LogP contribution in [0.5, 0.6) is 0 Å². The summed E-state index contributed by atoms with van der Waals surface area (Å²) in [4.78, 5) is 24.4. The first-order valence-electron chi connectivity index (χ1n) is 7.64. The second-order valence-electron chi connectivity index (χ2n) is 5.64. The number of amides is 1. The molecule has 0 fully saturated rings. The van der Waals surface area contributed by atoms with Gasteiger partial charge in [-0.15, -0.1) is 0 Å². The number of anilines is 2. The molecule has 0 saturated heterocycles. The van der Waals surface area contributed by atoms with Crippen LogP contribution in [0.25, 0.3) is 0 Å². The van der Waals surface area contributed by atoms with Crippen molar-refractivity contribution < 1.29 is 14.0 Å². The topological polar surface area (TPSA) is 61.8 Å². The Kier molecular flexibility index (Phi) is 4.94. The SMILES string of the molecule is CC(=O)C1CC(C(=O)Nc2ccc(Br)cc2F)=NN1c1ccccc1. The van der Waals surface area contributed by atoms with Gasteiger partial charge in [0, 0.05) is 10.9 Å². The molecule has 0 aliphatic carbocycles. The molecule has 0 spiro atoms. The largest absolute Gasteiger partial charge is 0.318 e. The van der Waals surface area contributed by atoms with Crippen molar-refractivity contribution in [2.24, 2.45) is 5.10 Å². The van der Waals surface area contributed by atoms with Gasteiger partial charge in [0.05, 0.1) is 11.4 Å². The highest BCUT2D eigenvalue weighted by atomic mass is 79.9. The van der Waals surface area contributed by atoms with Crippen molar-refractivity contribution in [1.82, 2.24) is 0 Å². The van der Waals surface area contributed by atoms with Crippen LogP contribution < -0.4 is 10.3 Å². The molecular formula is C18H15BrFN3O2. The molecule has 2 aromatic rings. The molecule has 25 heavy (non-hydrogen) atoms. The van der Waals surface area contributed by atoms with E-state index in [1.54, 1.807) is 6.07 Å². The highest BCUT2D eigenvalue weighted by Crippen LogP contribution is 2.26. The van der Waals surface area contributed by atoms with Gasteiger partial charge in [-0.1, -0.05) is 34.1 Å². The van der Waals surface area contributed by atoms with E-state index in [2.05, 4.69) is 26.3 Å². The summed E-state index contributed by atoms with van der Waals surface area (Å²) in [6, 6.07) is 13.0. The van der Waals surface area contributed by atoms with Gasteiger partial charge in [0.2, 0.25) is 0 Å². The lowest BCUT2D eigenvalue weighted by Crippen LogP contribution is -2.33. The second kappa shape index (κ2) is 7.14. The van der Waals surface area contributed by atoms with E-state index in [1.165, 1.54) is 24.1 Å². The number of carbonyl (C=O) groups excluding carboxylic acids is 2. The molecule has 5 nitrogen and oxygen atoms in total. The maximum absolute atomic E-state index is 13.9. The normalized spacial score (nSPS) is 16.5. The lowest BCUT2D eigenvalue weighted by molar-refractivity contribution is -0.118. The fourth-order valence-electron chi connectivity index (χ4n) is 2.57. The van der Waals surface area contributed by atoms with E-state index in [0.717, 1.165) is 5.69 Å². The Bertz CT molecular complexity index is 855. The van der Waals surface area contributed by atoms with Crippen LogP contribution in [0.1, 0.15) is 13.3 Å². The highest BCUT2D eigenvalue weighted by molar-refractivity contribution is 9.10. The average Bonchev–Trinajstić information content (AvgIpc) is 3.04. The molecule has 1 amide bonds. The molecule has 128 valence electrons. The van der Waals surface area contributed by atoms with Crippen LogP contribution in [-0.4, -0.2) is 23.4 Å². The van der Waals surface area contributed by atoms with E-state index in [9.17, 15) is 14.0 Å². The zero-order chi connectivity index (χ0) is 18.0. The minimum absolute atomic E-state index is 0.0634. The lowest BCUT2D eigenvalue weighted by atomic mass is 10.1. The number of nitrogens with zero attached hydrogens (tertiary/aromatic N) is 2. The van der Waals surface area contributed by atoms with Crippen LogP contribution in [0.4, 0.5) is 15.8 Å². The predicted octanol–water partition coefficient (Wildman–Crippen LogP) is 3.75. The zero-order valence-electron chi connectivity index (χ0n) is 13.4. The molecule has 1 unspecified atom stereocenters. The van der Waals surface area contributed by atoms with Crippen molar-refractivity contribution in [3.8, 4) is 0 Å². The Morgan fingerprint density at radius 3 is 2.60 bits per heavy atom. The Labute approximate surface area is 152 Å². The van der Waals surface area contributed by atoms with Gasteiger partial charge in [-0.3, -0.25) is 14.6 Å². The summed E-state index contributed by atoms with van der Waals surface area (Å²) in [7, 11) is 0. The molecule has 7 heteroatoms. The van der Waals surface area contributed by atoms with Crippen LogP contribution in [-0.2, 0) is 9.59 Å². The van der Waals surface area contributed by atoms with Crippen molar-refractivity contribution >= 4 is 44.7 Å². The molecule has 0 saturated carbocycles. The number of carbonyl (C=O) groups is 2. The van der Waals surface area contributed by atoms with Gasteiger partial charge in [-0.25, -0.2) is 4.39 Å². The fraction of sp³-hybridized carbons (Fsp3) is 0.167. The van der Waals surface area contributed by atoms with Crippen molar-refractivity contribution in [3.63, 3.8) is 0 Å². The van der Waals surface area contributed by atoms with Gasteiger partial charge in [-0.05, 0) is 37.3 Å². The van der Waals surface area contributed by atoms with Gasteiger partial charge in [0.15, 0.2) is 5.78 Å². The predicted molar refractivity (Wildman–Crippen MR) is 98.2 cm³/mol. The standard InChI is InChI=1S/C18H15BrFN3O2/c1-11(24)17-10-16(22-23(17)13-5-3-2-4-6-13)18(25)21-15-8-7-12(19)9-14(15)20/h2-9,17H,10H2,1H3,(H,21,25). The van der Waals surface area contributed by atoms with Crippen molar-refractivity contribution in [2.75, 3.05) is 10.3 Å². The third-order valence-electron chi connectivity index (χ3n) is 3.84. The van der Waals surface area contributed by atoms with E-state index in [0.29, 0.717) is 4.47 Å². The zero-order valence-corrected chi connectivity index (χ0v) is 15.0. The van der Waals surface area contributed by atoms with E-state index in [-0.39, 0.29) is 23.6 Å². The van der Waals surface area contributed by atoms with Gasteiger partial charge in [-0.2, -0.15) is 5.10 Å². The molecule has 0 radical (unpaired) electrons. The highest BCUT2D eigenvalue weighted by Gasteiger charge is 2.34. The molecule has 1 aliphatic heterocycles. The molecule has 1 aliphatic rings. The molecule has 1 atom stereocenters. The number of rotatable bonds is 4. The van der Waals surface area contributed by atoms with Crippen molar-refractivity contribution in [2.45, 2.75) is 19.4 Å². The fourth-order valence-corrected chi connectivity index (χ4v) is 2.90. The monoisotopic (exact) mass is 403 g/mol. The van der Waals surface area contributed by atoms with Crippen LogP contribution >= 0.6 is 15.9 Å². The van der Waals surface area contributed by atoms with Crippen LogP contribution in [0.3, 0.4) is 0 Å². The summed E-state index contributed by atoms with van der Waals surface area (Å²) in [5, 5.41) is 8.33. The van der Waals surface area contributed by atoms with Gasteiger partial charge >= 0.3 is 0 Å². The van der Waals surface area contributed by atoms with Crippen LogP contribution in [0, 0.1) is 5.82 Å². The molecule has 1 N–H and O–H groups in total. The minimum atomic E-state index is -0.552. The van der Waals surface area contributed by atoms with Crippen LogP contribution in [0.2, 0.25) is 0 Å². The Morgan fingerprint density at radius 2 is 1.96 bits per heavy atom. The lowest BCUT2D eigenvalue weighted by Gasteiger charge is -2.20. The quantitative estimate of drug-likeness (QED) is 0.845. The number of Topliss-reactive ketones (excluding diaryl/α,β-unsaturated/α-hetero) is 1. The van der Waals surface area contributed by atoms with Crippen molar-refractivity contribution in [1.29, 1.82) is 0 Å². The molecule has 3 rings (SSSR count). The van der Waals surface area contributed by atoms with E-state index in [1.807, 2.05) is 30.3 Å². The first-order valence-corrected chi connectivity index (χ1v) is 8.43. The number of hydrogen-bond acceptors (Lipinski definition) is 4. The van der Waals surface area contributed by atoms with E-state index >= 15 is 0 Å². The molecular weight excluding hydrogens is 389 g/mol. The first-order chi connectivity index (χ1) is 12.0. The smallest absolute Gasteiger partial charge is 0.272 e. The van der Waals surface area contributed by atoms with Gasteiger partial charge in [0.1, 0.15) is 17.6 Å². The Hall–Kier alpha value is -2.54. The van der Waals surface area contributed by atoms with Gasteiger partial charge < -0.3 is 5.32 Å².